The van der Waals surface area contributed by atoms with Gasteiger partial charge in [-0.05, 0) is 32.1 Å². The molecule has 2 fully saturated rings. The molecule has 0 aliphatic carbocycles. The van der Waals surface area contributed by atoms with Crippen molar-refractivity contribution in [1.82, 2.24) is 13.6 Å². The van der Waals surface area contributed by atoms with Crippen LogP contribution in [-0.2, 0) is 6.42 Å². The molecule has 1 aromatic heterocycles. The van der Waals surface area contributed by atoms with E-state index in [9.17, 15) is 0 Å². The topological polar surface area (TPSA) is 29.0 Å². The molecule has 2 aliphatic heterocycles. The summed E-state index contributed by atoms with van der Waals surface area (Å²) in [5.41, 5.74) is 2.61. The number of aryl methyl sites for hydroxylation is 1. The molecule has 0 aromatic carbocycles. The van der Waals surface area contributed by atoms with Gasteiger partial charge in [-0.1, -0.05) is 13.3 Å². The number of fused-ring (bicyclic) bond motifs is 2. The van der Waals surface area contributed by atoms with Gasteiger partial charge in [0, 0.05) is 25.0 Å². The van der Waals surface area contributed by atoms with Crippen LogP contribution < -0.4 is 0 Å². The number of nitrogens with zero attached hydrogens (tertiary/aromatic N) is 3. The molecule has 0 saturated carbocycles. The fourth-order valence-corrected chi connectivity index (χ4v) is 4.06. The van der Waals surface area contributed by atoms with Crippen LogP contribution in [0.4, 0.5) is 0 Å². The first-order valence-corrected chi connectivity index (χ1v) is 7.58. The molecule has 94 valence electrons. The number of hydrogen-bond donors (Lipinski definition) is 0. The number of piperidine rings is 1. The quantitative estimate of drug-likeness (QED) is 0.827. The summed E-state index contributed by atoms with van der Waals surface area (Å²) < 4.78 is 9.10. The molecule has 0 N–H and O–H groups in total. The summed E-state index contributed by atoms with van der Waals surface area (Å²) in [6, 6.07) is 0.775. The molecule has 0 spiro atoms. The third-order valence-electron chi connectivity index (χ3n) is 4.47. The van der Waals surface area contributed by atoms with E-state index in [2.05, 4.69) is 27.5 Å². The van der Waals surface area contributed by atoms with Crippen LogP contribution in [0.5, 0.6) is 0 Å². The number of rotatable bonds is 3. The monoisotopic (exact) mass is 251 g/mol. The highest BCUT2D eigenvalue weighted by Crippen LogP contribution is 2.41. The Hall–Kier alpha value is -0.480. The summed E-state index contributed by atoms with van der Waals surface area (Å²) in [6.07, 6.45) is 5.02. The normalized spacial score (nSPS) is 36.4. The predicted molar refractivity (Wildman–Crippen MR) is 70.4 cm³/mol. The van der Waals surface area contributed by atoms with E-state index >= 15 is 0 Å². The molecule has 3 nitrogen and oxygen atoms in total. The Morgan fingerprint density at radius 1 is 1.29 bits per heavy atom. The van der Waals surface area contributed by atoms with Crippen molar-refractivity contribution in [3.8, 4) is 0 Å². The first-order valence-electron chi connectivity index (χ1n) is 6.85. The van der Waals surface area contributed by atoms with E-state index in [-0.39, 0.29) is 0 Å². The highest BCUT2D eigenvalue weighted by molar-refractivity contribution is 6.99. The van der Waals surface area contributed by atoms with E-state index in [1.165, 1.54) is 55.5 Å². The van der Waals surface area contributed by atoms with Crippen LogP contribution in [0.2, 0.25) is 0 Å². The standard InChI is InChI=1S/C13H21N3S/c1-3-4-12-13(15-17-14-12)11-8-16-7-10(11)6-5-9(16)2/h9-11H,3-8H2,1-2H3. The van der Waals surface area contributed by atoms with Crippen molar-refractivity contribution in [3.05, 3.63) is 11.4 Å². The maximum absolute atomic E-state index is 4.61. The highest BCUT2D eigenvalue weighted by atomic mass is 32.1. The second kappa shape index (κ2) is 4.65. The van der Waals surface area contributed by atoms with Gasteiger partial charge in [0.05, 0.1) is 23.1 Å². The average Bonchev–Trinajstić information content (AvgIpc) is 2.89. The zero-order chi connectivity index (χ0) is 11.8. The molecule has 0 amide bonds. The Labute approximate surface area is 108 Å². The molecule has 1 aromatic rings. The van der Waals surface area contributed by atoms with Crippen LogP contribution in [0.1, 0.15) is 50.4 Å². The Bertz CT molecular complexity index is 390. The third kappa shape index (κ3) is 2.02. The molecule has 3 heterocycles. The second-order valence-corrected chi connectivity index (χ2v) is 6.12. The molecule has 0 radical (unpaired) electrons. The van der Waals surface area contributed by atoms with E-state index in [1.807, 2.05) is 0 Å². The number of aromatic nitrogens is 2. The molecule has 17 heavy (non-hydrogen) atoms. The molecule has 3 rings (SSSR count). The molecule has 4 heteroatoms. The minimum absolute atomic E-state index is 0.667. The summed E-state index contributed by atoms with van der Waals surface area (Å²) in [5.74, 6) is 1.51. The second-order valence-electron chi connectivity index (χ2n) is 5.59. The Kier molecular flexibility index (Phi) is 3.17. The summed E-state index contributed by atoms with van der Waals surface area (Å²) in [6.45, 7) is 7.09. The van der Waals surface area contributed by atoms with Crippen LogP contribution in [0.3, 0.4) is 0 Å². The van der Waals surface area contributed by atoms with Crippen molar-refractivity contribution < 1.29 is 0 Å². The van der Waals surface area contributed by atoms with E-state index in [4.69, 9.17) is 0 Å². The van der Waals surface area contributed by atoms with Crippen LogP contribution in [0, 0.1) is 5.92 Å². The molecular weight excluding hydrogens is 230 g/mol. The fourth-order valence-electron chi connectivity index (χ4n) is 3.41. The van der Waals surface area contributed by atoms with E-state index in [1.54, 1.807) is 0 Å². The minimum Gasteiger partial charge on any atom is -0.300 e. The van der Waals surface area contributed by atoms with Crippen LogP contribution in [-0.4, -0.2) is 32.8 Å². The highest BCUT2D eigenvalue weighted by Gasteiger charge is 2.41. The van der Waals surface area contributed by atoms with Gasteiger partial charge in [0.1, 0.15) is 0 Å². The van der Waals surface area contributed by atoms with Gasteiger partial charge in [0.25, 0.3) is 0 Å². The maximum atomic E-state index is 4.61. The van der Waals surface area contributed by atoms with Crippen molar-refractivity contribution >= 4 is 11.7 Å². The average molecular weight is 251 g/mol. The zero-order valence-electron chi connectivity index (χ0n) is 10.7. The first-order chi connectivity index (χ1) is 8.29. The van der Waals surface area contributed by atoms with Gasteiger partial charge in [0.15, 0.2) is 0 Å². The fraction of sp³-hybridized carbons (Fsp3) is 0.846. The predicted octanol–water partition coefficient (Wildman–Crippen LogP) is 2.69. The summed E-state index contributed by atoms with van der Waals surface area (Å²) in [5, 5.41) is 0. The number of hydrogen-bond acceptors (Lipinski definition) is 4. The minimum atomic E-state index is 0.667. The summed E-state index contributed by atoms with van der Waals surface area (Å²) in [4.78, 5) is 2.65. The maximum Gasteiger partial charge on any atom is 0.0821 e. The third-order valence-corrected chi connectivity index (χ3v) is 5.05. The van der Waals surface area contributed by atoms with Gasteiger partial charge < -0.3 is 0 Å². The van der Waals surface area contributed by atoms with Crippen molar-refractivity contribution in [3.63, 3.8) is 0 Å². The zero-order valence-corrected chi connectivity index (χ0v) is 11.5. The lowest BCUT2D eigenvalue weighted by atomic mass is 9.86. The lowest BCUT2D eigenvalue weighted by Gasteiger charge is -2.28. The van der Waals surface area contributed by atoms with Crippen LogP contribution in [0.25, 0.3) is 0 Å². The Balaban J connectivity index is 1.82. The van der Waals surface area contributed by atoms with E-state index in [0.717, 1.165) is 18.4 Å². The van der Waals surface area contributed by atoms with Crippen molar-refractivity contribution in [2.75, 3.05) is 13.1 Å². The van der Waals surface area contributed by atoms with Gasteiger partial charge in [-0.15, -0.1) is 0 Å². The summed E-state index contributed by atoms with van der Waals surface area (Å²) in [7, 11) is 0. The molecular formula is C13H21N3S. The van der Waals surface area contributed by atoms with Gasteiger partial charge in [-0.2, -0.15) is 8.75 Å². The smallest absolute Gasteiger partial charge is 0.0821 e. The van der Waals surface area contributed by atoms with E-state index < -0.39 is 0 Å². The Morgan fingerprint density at radius 2 is 2.18 bits per heavy atom. The van der Waals surface area contributed by atoms with Crippen molar-refractivity contribution in [2.24, 2.45) is 5.92 Å². The lowest BCUT2D eigenvalue weighted by molar-refractivity contribution is 0.195. The van der Waals surface area contributed by atoms with Gasteiger partial charge in [-0.25, -0.2) is 0 Å². The largest absolute Gasteiger partial charge is 0.300 e. The SMILES string of the molecule is CCCc1nsnc1C1CN2CC1CCC2C. The molecule has 2 aliphatic rings. The molecule has 4 atom stereocenters. The molecule has 2 bridgehead atoms. The lowest BCUT2D eigenvalue weighted by Crippen LogP contribution is -2.34. The first kappa shape index (κ1) is 11.6. The van der Waals surface area contributed by atoms with E-state index in [0.29, 0.717) is 5.92 Å². The van der Waals surface area contributed by atoms with Crippen LogP contribution in [0.15, 0.2) is 0 Å². The van der Waals surface area contributed by atoms with Gasteiger partial charge >= 0.3 is 0 Å². The van der Waals surface area contributed by atoms with Gasteiger partial charge in [0.2, 0.25) is 0 Å². The summed E-state index contributed by atoms with van der Waals surface area (Å²) >= 11 is 1.41. The van der Waals surface area contributed by atoms with Crippen molar-refractivity contribution in [2.45, 2.75) is 51.5 Å². The Morgan fingerprint density at radius 3 is 2.94 bits per heavy atom. The van der Waals surface area contributed by atoms with Crippen LogP contribution >= 0.6 is 11.7 Å². The van der Waals surface area contributed by atoms with Gasteiger partial charge in [-0.3, -0.25) is 4.90 Å². The molecule has 4 unspecified atom stereocenters. The molecule has 2 saturated heterocycles. The van der Waals surface area contributed by atoms with Crippen molar-refractivity contribution in [1.29, 1.82) is 0 Å².